The summed E-state index contributed by atoms with van der Waals surface area (Å²) >= 11 is 0. The van der Waals surface area contributed by atoms with Gasteiger partial charge in [-0.05, 0) is 0 Å². The third-order valence-electron chi connectivity index (χ3n) is 1.36. The van der Waals surface area contributed by atoms with E-state index in [1.54, 1.807) is 7.11 Å². The minimum Gasteiger partial charge on any atom is -0.382 e. The van der Waals surface area contributed by atoms with Crippen LogP contribution in [0.25, 0.3) is 0 Å². The molecular weight excluding hydrogens is 154 g/mol. The lowest BCUT2D eigenvalue weighted by molar-refractivity contribution is -0.0188. The zero-order valence-corrected chi connectivity index (χ0v) is 6.95. The molecule has 62 valence electrons. The molecule has 1 N–H and O–H groups in total. The second-order valence-electron chi connectivity index (χ2n) is 2.15. The monoisotopic (exact) mass is 167 g/mol. The molecule has 0 unspecified atom stereocenters. The number of halogens is 1. The van der Waals surface area contributed by atoms with Crippen LogP contribution in [0.4, 0.5) is 0 Å². The van der Waals surface area contributed by atoms with Gasteiger partial charge in [0.25, 0.3) is 0 Å². The van der Waals surface area contributed by atoms with Gasteiger partial charge < -0.3 is 14.8 Å². The largest absolute Gasteiger partial charge is 0.382 e. The second kappa shape index (κ2) is 5.92. The van der Waals surface area contributed by atoms with E-state index in [0.29, 0.717) is 6.61 Å². The molecule has 0 aromatic rings. The molecule has 0 aromatic heterocycles. The number of rotatable bonds is 2. The van der Waals surface area contributed by atoms with Crippen LogP contribution in [0.1, 0.15) is 0 Å². The highest BCUT2D eigenvalue weighted by Gasteiger charge is 2.11. The van der Waals surface area contributed by atoms with Gasteiger partial charge in [-0.25, -0.2) is 0 Å². The van der Waals surface area contributed by atoms with E-state index < -0.39 is 0 Å². The molecule has 0 bridgehead atoms. The van der Waals surface area contributed by atoms with Gasteiger partial charge in [0.05, 0.1) is 19.3 Å². The zero-order chi connectivity index (χ0) is 6.53. The predicted molar refractivity (Wildman–Crippen MR) is 41.7 cm³/mol. The minimum absolute atomic E-state index is 0. The van der Waals surface area contributed by atoms with E-state index in [4.69, 9.17) is 9.47 Å². The summed E-state index contributed by atoms with van der Waals surface area (Å²) < 4.78 is 10.2. The first kappa shape index (κ1) is 10.2. The molecule has 0 amide bonds. The van der Waals surface area contributed by atoms with Gasteiger partial charge in [-0.3, -0.25) is 0 Å². The van der Waals surface area contributed by atoms with Crippen molar-refractivity contribution in [1.29, 1.82) is 0 Å². The van der Waals surface area contributed by atoms with Crippen LogP contribution in [0.15, 0.2) is 0 Å². The third-order valence-corrected chi connectivity index (χ3v) is 1.36. The SMILES string of the molecule is COC[C@@H]1CNCCO1.Cl. The Morgan fingerprint density at radius 2 is 2.50 bits per heavy atom. The molecule has 0 aromatic carbocycles. The van der Waals surface area contributed by atoms with Gasteiger partial charge in [-0.2, -0.15) is 0 Å². The fourth-order valence-electron chi connectivity index (χ4n) is 0.913. The Kier molecular flexibility index (Phi) is 6.02. The highest BCUT2D eigenvalue weighted by Crippen LogP contribution is 1.94. The van der Waals surface area contributed by atoms with E-state index in [-0.39, 0.29) is 18.5 Å². The van der Waals surface area contributed by atoms with Crippen molar-refractivity contribution in [1.82, 2.24) is 5.32 Å². The second-order valence-corrected chi connectivity index (χ2v) is 2.15. The van der Waals surface area contributed by atoms with Crippen molar-refractivity contribution in [3.8, 4) is 0 Å². The van der Waals surface area contributed by atoms with Crippen LogP contribution >= 0.6 is 12.4 Å². The summed E-state index contributed by atoms with van der Waals surface area (Å²) in [5.41, 5.74) is 0. The summed E-state index contributed by atoms with van der Waals surface area (Å²) in [6.45, 7) is 3.41. The summed E-state index contributed by atoms with van der Waals surface area (Å²) in [6.07, 6.45) is 0.267. The molecule has 3 nitrogen and oxygen atoms in total. The van der Waals surface area contributed by atoms with E-state index in [1.165, 1.54) is 0 Å². The van der Waals surface area contributed by atoms with Crippen LogP contribution in [0.5, 0.6) is 0 Å². The van der Waals surface area contributed by atoms with E-state index in [9.17, 15) is 0 Å². The van der Waals surface area contributed by atoms with Crippen molar-refractivity contribution in [2.45, 2.75) is 6.10 Å². The molecule has 0 aliphatic carbocycles. The highest BCUT2D eigenvalue weighted by molar-refractivity contribution is 5.85. The lowest BCUT2D eigenvalue weighted by Gasteiger charge is -2.22. The van der Waals surface area contributed by atoms with Crippen LogP contribution in [0.3, 0.4) is 0 Å². The number of hydrogen-bond acceptors (Lipinski definition) is 3. The maximum absolute atomic E-state index is 5.33. The topological polar surface area (TPSA) is 30.5 Å². The van der Waals surface area contributed by atoms with E-state index in [0.717, 1.165) is 19.7 Å². The standard InChI is InChI=1S/C6H13NO2.ClH/c1-8-5-6-4-7-2-3-9-6;/h6-7H,2-5H2,1H3;1H/t6-;/m0./s1. The summed E-state index contributed by atoms with van der Waals surface area (Å²) in [6, 6.07) is 0. The van der Waals surface area contributed by atoms with Crippen molar-refractivity contribution in [3.05, 3.63) is 0 Å². The van der Waals surface area contributed by atoms with Crippen molar-refractivity contribution < 1.29 is 9.47 Å². The van der Waals surface area contributed by atoms with Gasteiger partial charge in [0.15, 0.2) is 0 Å². The summed E-state index contributed by atoms with van der Waals surface area (Å²) in [7, 11) is 1.69. The maximum atomic E-state index is 5.33. The van der Waals surface area contributed by atoms with Crippen molar-refractivity contribution in [3.63, 3.8) is 0 Å². The normalized spacial score (nSPS) is 25.5. The Morgan fingerprint density at radius 3 is 3.00 bits per heavy atom. The van der Waals surface area contributed by atoms with Crippen LogP contribution in [-0.2, 0) is 9.47 Å². The van der Waals surface area contributed by atoms with Crippen LogP contribution in [0.2, 0.25) is 0 Å². The van der Waals surface area contributed by atoms with Gasteiger partial charge in [0.2, 0.25) is 0 Å². The first-order chi connectivity index (χ1) is 4.43. The van der Waals surface area contributed by atoms with Crippen molar-refractivity contribution >= 4 is 12.4 Å². The Labute approximate surface area is 67.5 Å². The Hall–Kier alpha value is 0.170. The first-order valence-electron chi connectivity index (χ1n) is 3.24. The number of morpholine rings is 1. The molecule has 1 atom stereocenters. The summed E-state index contributed by atoms with van der Waals surface area (Å²) in [5.74, 6) is 0. The lowest BCUT2D eigenvalue weighted by Crippen LogP contribution is -2.40. The molecular formula is C6H14ClNO2. The van der Waals surface area contributed by atoms with Gasteiger partial charge in [0.1, 0.15) is 0 Å². The molecule has 1 saturated heterocycles. The zero-order valence-electron chi connectivity index (χ0n) is 6.13. The Morgan fingerprint density at radius 1 is 1.70 bits per heavy atom. The van der Waals surface area contributed by atoms with Crippen molar-refractivity contribution in [2.24, 2.45) is 0 Å². The molecule has 1 aliphatic heterocycles. The lowest BCUT2D eigenvalue weighted by atomic mass is 10.3. The molecule has 1 aliphatic rings. The Bertz CT molecular complexity index is 73.4. The summed E-state index contributed by atoms with van der Waals surface area (Å²) in [5, 5.41) is 3.21. The Balaban J connectivity index is 0.000000810. The third kappa shape index (κ3) is 3.37. The molecule has 0 spiro atoms. The van der Waals surface area contributed by atoms with E-state index >= 15 is 0 Å². The first-order valence-corrected chi connectivity index (χ1v) is 3.24. The van der Waals surface area contributed by atoms with E-state index in [2.05, 4.69) is 5.32 Å². The van der Waals surface area contributed by atoms with Crippen molar-refractivity contribution in [2.75, 3.05) is 33.4 Å². The number of methoxy groups -OCH3 is 1. The highest BCUT2D eigenvalue weighted by atomic mass is 35.5. The van der Waals surface area contributed by atoms with Gasteiger partial charge in [-0.15, -0.1) is 12.4 Å². The molecule has 0 saturated carbocycles. The molecule has 1 heterocycles. The number of hydrogen-bond donors (Lipinski definition) is 1. The molecule has 1 rings (SSSR count). The molecule has 4 heteroatoms. The maximum Gasteiger partial charge on any atom is 0.0932 e. The van der Waals surface area contributed by atoms with Gasteiger partial charge >= 0.3 is 0 Å². The molecule has 0 radical (unpaired) electrons. The average Bonchev–Trinajstić information content (AvgIpc) is 1.91. The average molecular weight is 168 g/mol. The number of nitrogens with one attached hydrogen (secondary N) is 1. The van der Waals surface area contributed by atoms with Gasteiger partial charge in [0, 0.05) is 20.2 Å². The van der Waals surface area contributed by atoms with Crippen LogP contribution in [-0.4, -0.2) is 39.5 Å². The fourth-order valence-corrected chi connectivity index (χ4v) is 0.913. The van der Waals surface area contributed by atoms with Crippen LogP contribution in [0, 0.1) is 0 Å². The smallest absolute Gasteiger partial charge is 0.0932 e. The van der Waals surface area contributed by atoms with Gasteiger partial charge in [-0.1, -0.05) is 0 Å². The predicted octanol–water partition coefficient (Wildman–Crippen LogP) is 0.0430. The quantitative estimate of drug-likeness (QED) is 0.630. The van der Waals surface area contributed by atoms with E-state index in [1.807, 2.05) is 0 Å². The fraction of sp³-hybridized carbons (Fsp3) is 1.00. The molecule has 10 heavy (non-hydrogen) atoms. The summed E-state index contributed by atoms with van der Waals surface area (Å²) in [4.78, 5) is 0. The minimum atomic E-state index is 0. The molecule has 1 fully saturated rings. The van der Waals surface area contributed by atoms with Crippen LogP contribution < -0.4 is 5.32 Å². The number of ether oxygens (including phenoxy) is 2.